The van der Waals surface area contributed by atoms with Crippen molar-refractivity contribution in [2.45, 2.75) is 38.8 Å². The van der Waals surface area contributed by atoms with E-state index in [0.29, 0.717) is 26.2 Å². The minimum absolute atomic E-state index is 0.0335. The van der Waals surface area contributed by atoms with E-state index < -0.39 is 11.0 Å². The van der Waals surface area contributed by atoms with Crippen LogP contribution in [-0.4, -0.2) is 56.9 Å². The number of ether oxygens (including phenoxy) is 2. The van der Waals surface area contributed by atoms with Crippen LogP contribution in [0.1, 0.15) is 27.2 Å². The lowest BCUT2D eigenvalue weighted by Crippen LogP contribution is -2.76. The Balaban J connectivity index is 2.44. The number of nitrogens with one attached hydrogen (secondary N) is 2. The van der Waals surface area contributed by atoms with Gasteiger partial charge in [-0.2, -0.15) is 0 Å². The highest BCUT2D eigenvalue weighted by atomic mass is 16.5. The Kier molecular flexibility index (Phi) is 6.12. The van der Waals surface area contributed by atoms with Crippen molar-refractivity contribution in [3.8, 4) is 0 Å². The third-order valence-corrected chi connectivity index (χ3v) is 4.27. The molecule has 7 heteroatoms. The predicted molar refractivity (Wildman–Crippen MR) is 78.6 cm³/mol. The zero-order valence-corrected chi connectivity index (χ0v) is 13.3. The molecule has 0 aromatic heterocycles. The highest BCUT2D eigenvalue weighted by Gasteiger charge is 2.62. The summed E-state index contributed by atoms with van der Waals surface area (Å²) in [6, 6.07) is 0. The molecule has 4 N–H and O–H groups in total. The van der Waals surface area contributed by atoms with Crippen molar-refractivity contribution in [3.63, 3.8) is 0 Å². The van der Waals surface area contributed by atoms with E-state index >= 15 is 0 Å². The standard InChI is InChI=1S/C14H27N3O4/c1-5-21-10-8-14(15,13(10,2)3)12(19)17-9-11(18)16-6-7-20-4/h10H,5-9,15H2,1-4H3,(H,16,18)(H,17,19). The smallest absolute Gasteiger partial charge is 0.241 e. The van der Waals surface area contributed by atoms with Crippen molar-refractivity contribution in [1.29, 1.82) is 0 Å². The van der Waals surface area contributed by atoms with Gasteiger partial charge in [-0.15, -0.1) is 0 Å². The van der Waals surface area contributed by atoms with E-state index in [-0.39, 0.29) is 24.5 Å². The van der Waals surface area contributed by atoms with Gasteiger partial charge in [0.1, 0.15) is 5.54 Å². The molecule has 0 aromatic rings. The number of hydrogen-bond donors (Lipinski definition) is 3. The summed E-state index contributed by atoms with van der Waals surface area (Å²) in [5, 5.41) is 5.23. The molecule has 0 radical (unpaired) electrons. The topological polar surface area (TPSA) is 103 Å². The van der Waals surface area contributed by atoms with E-state index in [1.807, 2.05) is 20.8 Å². The van der Waals surface area contributed by atoms with Gasteiger partial charge >= 0.3 is 0 Å². The Morgan fingerprint density at radius 3 is 2.52 bits per heavy atom. The van der Waals surface area contributed by atoms with Gasteiger partial charge in [0.2, 0.25) is 11.8 Å². The van der Waals surface area contributed by atoms with Crippen molar-refractivity contribution in [3.05, 3.63) is 0 Å². The molecule has 1 aliphatic rings. The van der Waals surface area contributed by atoms with Crippen molar-refractivity contribution >= 4 is 11.8 Å². The number of carbonyl (C=O) groups is 2. The summed E-state index contributed by atoms with van der Waals surface area (Å²) in [7, 11) is 1.56. The Bertz CT molecular complexity index is 386. The minimum atomic E-state index is -1.00. The maximum absolute atomic E-state index is 12.3. The first kappa shape index (κ1) is 17.9. The second-order valence-electron chi connectivity index (χ2n) is 5.87. The van der Waals surface area contributed by atoms with Crippen LogP contribution in [0.25, 0.3) is 0 Å². The van der Waals surface area contributed by atoms with Gasteiger partial charge in [0.05, 0.1) is 19.3 Å². The molecule has 2 atom stereocenters. The average molecular weight is 301 g/mol. The number of hydrogen-bond acceptors (Lipinski definition) is 5. The summed E-state index contributed by atoms with van der Waals surface area (Å²) in [5.74, 6) is -0.576. The molecular weight excluding hydrogens is 274 g/mol. The Morgan fingerprint density at radius 2 is 2.00 bits per heavy atom. The van der Waals surface area contributed by atoms with Gasteiger partial charge in [0.25, 0.3) is 0 Å². The number of nitrogens with two attached hydrogens (primary N) is 1. The molecule has 0 heterocycles. The van der Waals surface area contributed by atoms with Gasteiger partial charge in [-0.05, 0) is 6.92 Å². The van der Waals surface area contributed by atoms with E-state index in [2.05, 4.69) is 10.6 Å². The van der Waals surface area contributed by atoms with Crippen molar-refractivity contribution in [1.82, 2.24) is 10.6 Å². The van der Waals surface area contributed by atoms with E-state index in [0.717, 1.165) is 0 Å². The zero-order chi connectivity index (χ0) is 16.1. The van der Waals surface area contributed by atoms with E-state index in [9.17, 15) is 9.59 Å². The van der Waals surface area contributed by atoms with Crippen molar-refractivity contribution in [2.24, 2.45) is 11.1 Å². The number of amides is 2. The summed E-state index contributed by atoms with van der Waals surface area (Å²) in [4.78, 5) is 23.8. The molecule has 2 amide bonds. The first-order valence-corrected chi connectivity index (χ1v) is 7.24. The molecule has 122 valence electrons. The van der Waals surface area contributed by atoms with Crippen LogP contribution in [0.3, 0.4) is 0 Å². The third kappa shape index (κ3) is 3.72. The van der Waals surface area contributed by atoms with Gasteiger partial charge in [0.15, 0.2) is 0 Å². The van der Waals surface area contributed by atoms with Crippen molar-refractivity contribution < 1.29 is 19.1 Å². The van der Waals surface area contributed by atoms with Crippen LogP contribution in [0.4, 0.5) is 0 Å². The van der Waals surface area contributed by atoms with E-state index in [1.165, 1.54) is 0 Å². The third-order valence-electron chi connectivity index (χ3n) is 4.27. The maximum atomic E-state index is 12.3. The SMILES string of the molecule is CCOC1CC(N)(C(=O)NCC(=O)NCCOC)C1(C)C. The van der Waals surface area contributed by atoms with Crippen LogP contribution in [0.2, 0.25) is 0 Å². The Hall–Kier alpha value is -1.18. The summed E-state index contributed by atoms with van der Waals surface area (Å²) in [6.45, 7) is 7.09. The maximum Gasteiger partial charge on any atom is 0.241 e. The van der Waals surface area contributed by atoms with Crippen LogP contribution >= 0.6 is 0 Å². The van der Waals surface area contributed by atoms with Crippen molar-refractivity contribution in [2.75, 3.05) is 33.4 Å². The molecule has 1 rings (SSSR count). The molecule has 21 heavy (non-hydrogen) atoms. The minimum Gasteiger partial charge on any atom is -0.383 e. The van der Waals surface area contributed by atoms with Crippen LogP contribution in [0.5, 0.6) is 0 Å². The van der Waals surface area contributed by atoms with E-state index in [4.69, 9.17) is 15.2 Å². The summed E-state index contributed by atoms with van der Waals surface area (Å²) < 4.78 is 10.4. The van der Waals surface area contributed by atoms with Crippen LogP contribution in [0, 0.1) is 5.41 Å². The molecule has 0 saturated heterocycles. The number of methoxy groups -OCH3 is 1. The molecule has 1 aliphatic carbocycles. The second kappa shape index (κ2) is 7.20. The molecule has 0 spiro atoms. The fourth-order valence-corrected chi connectivity index (χ4v) is 2.49. The molecular formula is C14H27N3O4. The monoisotopic (exact) mass is 301 g/mol. The molecule has 1 fully saturated rings. The van der Waals surface area contributed by atoms with Gasteiger partial charge < -0.3 is 25.8 Å². The largest absolute Gasteiger partial charge is 0.383 e. The first-order chi connectivity index (χ1) is 9.79. The van der Waals surface area contributed by atoms with Gasteiger partial charge in [0, 0.05) is 32.1 Å². The molecule has 2 unspecified atom stereocenters. The Morgan fingerprint density at radius 1 is 1.33 bits per heavy atom. The molecule has 7 nitrogen and oxygen atoms in total. The lowest BCUT2D eigenvalue weighted by Gasteiger charge is -2.57. The lowest BCUT2D eigenvalue weighted by molar-refractivity contribution is -0.170. The highest BCUT2D eigenvalue weighted by Crippen LogP contribution is 2.49. The fraction of sp³-hybridized carbons (Fsp3) is 0.857. The summed E-state index contributed by atoms with van der Waals surface area (Å²) in [6.07, 6.45) is 0.430. The molecule has 1 saturated carbocycles. The first-order valence-electron chi connectivity index (χ1n) is 7.24. The highest BCUT2D eigenvalue weighted by molar-refractivity contribution is 5.92. The molecule has 0 aromatic carbocycles. The zero-order valence-electron chi connectivity index (χ0n) is 13.3. The quantitative estimate of drug-likeness (QED) is 0.519. The van der Waals surface area contributed by atoms with Gasteiger partial charge in [-0.1, -0.05) is 13.8 Å². The van der Waals surface area contributed by atoms with E-state index in [1.54, 1.807) is 7.11 Å². The lowest BCUT2D eigenvalue weighted by atomic mass is 9.54. The summed E-state index contributed by atoms with van der Waals surface area (Å²) >= 11 is 0. The fourth-order valence-electron chi connectivity index (χ4n) is 2.49. The normalized spacial score (nSPS) is 26.8. The van der Waals surface area contributed by atoms with Gasteiger partial charge in [-0.3, -0.25) is 9.59 Å². The number of carbonyl (C=O) groups excluding carboxylic acids is 2. The van der Waals surface area contributed by atoms with Crippen LogP contribution in [-0.2, 0) is 19.1 Å². The van der Waals surface area contributed by atoms with Gasteiger partial charge in [-0.25, -0.2) is 0 Å². The number of rotatable bonds is 8. The molecule has 0 bridgehead atoms. The summed E-state index contributed by atoms with van der Waals surface area (Å²) in [5.41, 5.74) is 4.75. The molecule has 0 aliphatic heterocycles. The van der Waals surface area contributed by atoms with Crippen LogP contribution in [0.15, 0.2) is 0 Å². The predicted octanol–water partition coefficient (Wildman–Crippen LogP) is -0.602. The Labute approximate surface area is 125 Å². The van der Waals surface area contributed by atoms with Crippen LogP contribution < -0.4 is 16.4 Å². The average Bonchev–Trinajstić information content (AvgIpc) is 2.44. The second-order valence-corrected chi connectivity index (χ2v) is 5.87.